The van der Waals surface area contributed by atoms with Gasteiger partial charge in [0.2, 0.25) is 6.41 Å². The minimum Gasteiger partial charge on any atom is -0.383 e. The van der Waals surface area contributed by atoms with Crippen LogP contribution < -0.4 is 0 Å². The molecule has 2 aromatic rings. The van der Waals surface area contributed by atoms with Crippen molar-refractivity contribution in [3.8, 4) is 12.1 Å². The predicted molar refractivity (Wildman–Crippen MR) is 120 cm³/mol. The zero-order valence-corrected chi connectivity index (χ0v) is 18.8. The predicted octanol–water partition coefficient (Wildman–Crippen LogP) is 3.34. The first-order valence-corrected chi connectivity index (χ1v) is 9.43. The van der Waals surface area contributed by atoms with Crippen LogP contribution in [0.3, 0.4) is 0 Å². The molecule has 0 aliphatic rings. The molecule has 0 N–H and O–H groups in total. The summed E-state index contributed by atoms with van der Waals surface area (Å²) in [6, 6.07) is 17.5. The molecule has 0 aliphatic heterocycles. The standard InChI is InChI=1S/C19H15N3O.C5H13NO2/c1-22(2)13-18(16-7-3-14(11-20)4-8-16)19(23)17-9-5-15(12-21)6-10-17;1-6(2)5(7-3)8-4/h3-10,13H,1-2H3;5H,1-4H3/b18-13+;. The summed E-state index contributed by atoms with van der Waals surface area (Å²) in [5.74, 6) is -0.132. The van der Waals surface area contributed by atoms with E-state index in [0.717, 1.165) is 5.56 Å². The Balaban J connectivity index is 0.000000512. The zero-order valence-electron chi connectivity index (χ0n) is 18.8. The first-order valence-electron chi connectivity index (χ1n) is 9.43. The Labute approximate surface area is 184 Å². The van der Waals surface area contributed by atoms with Crippen LogP contribution in [0, 0.1) is 22.7 Å². The van der Waals surface area contributed by atoms with Gasteiger partial charge < -0.3 is 14.4 Å². The molecule has 7 heteroatoms. The van der Waals surface area contributed by atoms with Crippen molar-refractivity contribution in [3.63, 3.8) is 0 Å². The summed E-state index contributed by atoms with van der Waals surface area (Å²) in [6.45, 7) is 0. The van der Waals surface area contributed by atoms with Crippen molar-refractivity contribution in [2.75, 3.05) is 42.4 Å². The van der Waals surface area contributed by atoms with Crippen LogP contribution in [0.15, 0.2) is 54.7 Å². The molecule has 0 saturated heterocycles. The molecule has 2 rings (SSSR count). The lowest BCUT2D eigenvalue weighted by Crippen LogP contribution is -2.30. The van der Waals surface area contributed by atoms with Crippen LogP contribution in [-0.2, 0) is 9.47 Å². The highest BCUT2D eigenvalue weighted by molar-refractivity contribution is 6.28. The average molecular weight is 421 g/mol. The number of ether oxygens (including phenoxy) is 2. The van der Waals surface area contributed by atoms with Crippen LogP contribution in [-0.4, -0.2) is 64.4 Å². The van der Waals surface area contributed by atoms with Crippen LogP contribution >= 0.6 is 0 Å². The van der Waals surface area contributed by atoms with Crippen molar-refractivity contribution in [2.45, 2.75) is 6.41 Å². The van der Waals surface area contributed by atoms with Gasteiger partial charge in [-0.25, -0.2) is 0 Å². The van der Waals surface area contributed by atoms with E-state index in [4.69, 9.17) is 20.0 Å². The molecule has 0 aliphatic carbocycles. The van der Waals surface area contributed by atoms with Gasteiger partial charge in [-0.3, -0.25) is 9.69 Å². The molecule has 0 aromatic heterocycles. The Hall–Kier alpha value is -3.49. The van der Waals surface area contributed by atoms with Gasteiger partial charge >= 0.3 is 0 Å². The highest BCUT2D eigenvalue weighted by Gasteiger charge is 2.15. The number of nitrogens with zero attached hydrogens (tertiary/aromatic N) is 4. The highest BCUT2D eigenvalue weighted by atomic mass is 16.7. The summed E-state index contributed by atoms with van der Waals surface area (Å²) in [6.07, 6.45) is 1.54. The first-order chi connectivity index (χ1) is 14.8. The Morgan fingerprint density at radius 1 is 0.839 bits per heavy atom. The Bertz CT molecular complexity index is 946. The molecule has 0 saturated carbocycles. The van der Waals surface area contributed by atoms with E-state index in [1.165, 1.54) is 0 Å². The zero-order chi connectivity index (χ0) is 23.4. The number of carbonyl (C=O) groups is 1. The van der Waals surface area contributed by atoms with Crippen molar-refractivity contribution >= 4 is 11.4 Å². The van der Waals surface area contributed by atoms with Gasteiger partial charge in [0.15, 0.2) is 5.78 Å². The van der Waals surface area contributed by atoms with Crippen molar-refractivity contribution < 1.29 is 14.3 Å². The molecular weight excluding hydrogens is 392 g/mol. The molecule has 0 amide bonds. The van der Waals surface area contributed by atoms with Gasteiger partial charge in [0.25, 0.3) is 0 Å². The fourth-order valence-corrected chi connectivity index (χ4v) is 2.62. The molecule has 2 aromatic carbocycles. The van der Waals surface area contributed by atoms with E-state index in [1.54, 1.807) is 73.9 Å². The number of rotatable bonds is 7. The number of methoxy groups -OCH3 is 2. The summed E-state index contributed by atoms with van der Waals surface area (Å²) in [5, 5.41) is 17.7. The largest absolute Gasteiger partial charge is 0.383 e. The van der Waals surface area contributed by atoms with E-state index in [9.17, 15) is 4.79 Å². The Kier molecular flexibility index (Phi) is 10.7. The molecule has 0 radical (unpaired) electrons. The van der Waals surface area contributed by atoms with Crippen LogP contribution in [0.2, 0.25) is 0 Å². The quantitative estimate of drug-likeness (QED) is 0.385. The lowest BCUT2D eigenvalue weighted by molar-refractivity contribution is -0.179. The summed E-state index contributed by atoms with van der Waals surface area (Å²) >= 11 is 0. The molecular formula is C24H28N4O3. The van der Waals surface area contributed by atoms with Gasteiger partial charge in [-0.15, -0.1) is 0 Å². The molecule has 162 valence electrons. The van der Waals surface area contributed by atoms with E-state index in [-0.39, 0.29) is 12.2 Å². The fourth-order valence-electron chi connectivity index (χ4n) is 2.62. The van der Waals surface area contributed by atoms with Crippen molar-refractivity contribution in [3.05, 3.63) is 77.0 Å². The van der Waals surface area contributed by atoms with Gasteiger partial charge in [-0.05, 0) is 56.1 Å². The summed E-state index contributed by atoms with van der Waals surface area (Å²) in [5.41, 5.74) is 2.85. The van der Waals surface area contributed by atoms with Crippen LogP contribution in [0.5, 0.6) is 0 Å². The van der Waals surface area contributed by atoms with Crippen LogP contribution in [0.4, 0.5) is 0 Å². The maximum Gasteiger partial charge on any atom is 0.217 e. The summed E-state index contributed by atoms with van der Waals surface area (Å²) < 4.78 is 9.73. The fraction of sp³-hybridized carbons (Fsp3) is 0.292. The van der Waals surface area contributed by atoms with Crippen LogP contribution in [0.25, 0.3) is 5.57 Å². The SMILES string of the molecule is CN(C)/C=C(/C(=O)c1ccc(C#N)cc1)c1ccc(C#N)cc1.COC(OC)N(C)C. The molecule has 0 unspecified atom stereocenters. The van der Waals surface area contributed by atoms with Gasteiger partial charge in [0, 0.05) is 45.7 Å². The lowest BCUT2D eigenvalue weighted by Gasteiger charge is -2.19. The topological polar surface area (TPSA) is 89.6 Å². The number of ketones is 1. The highest BCUT2D eigenvalue weighted by Crippen LogP contribution is 2.21. The minimum absolute atomic E-state index is 0.132. The maximum atomic E-state index is 12.8. The van der Waals surface area contributed by atoms with Gasteiger partial charge in [-0.2, -0.15) is 10.5 Å². The molecule has 0 fully saturated rings. The maximum absolute atomic E-state index is 12.8. The third-order valence-electron chi connectivity index (χ3n) is 4.06. The van der Waals surface area contributed by atoms with Crippen molar-refractivity contribution in [1.82, 2.24) is 9.80 Å². The van der Waals surface area contributed by atoms with Gasteiger partial charge in [0.1, 0.15) is 0 Å². The van der Waals surface area contributed by atoms with Gasteiger partial charge in [-0.1, -0.05) is 12.1 Å². The minimum atomic E-state index is -0.213. The molecule has 0 atom stereocenters. The summed E-state index contributed by atoms with van der Waals surface area (Å²) in [7, 11) is 10.7. The molecule has 0 heterocycles. The van der Waals surface area contributed by atoms with E-state index < -0.39 is 0 Å². The smallest absolute Gasteiger partial charge is 0.217 e. The average Bonchev–Trinajstić information content (AvgIpc) is 2.78. The van der Waals surface area contributed by atoms with E-state index in [0.29, 0.717) is 22.3 Å². The molecule has 0 spiro atoms. The number of carbonyl (C=O) groups excluding carboxylic acids is 1. The number of Topliss-reactive ketones (excluding diaryl/α,β-unsaturated/α-hetero) is 1. The van der Waals surface area contributed by atoms with Crippen LogP contribution in [0.1, 0.15) is 27.0 Å². The Morgan fingerprint density at radius 3 is 1.55 bits per heavy atom. The monoisotopic (exact) mass is 420 g/mol. The number of benzene rings is 2. The first kappa shape index (κ1) is 25.5. The summed E-state index contributed by atoms with van der Waals surface area (Å²) in [4.78, 5) is 16.4. The van der Waals surface area contributed by atoms with E-state index in [1.807, 2.05) is 39.2 Å². The third kappa shape index (κ3) is 8.04. The molecule has 31 heavy (non-hydrogen) atoms. The number of hydrogen-bond donors (Lipinski definition) is 0. The molecule has 7 nitrogen and oxygen atoms in total. The Morgan fingerprint density at radius 2 is 1.26 bits per heavy atom. The third-order valence-corrected chi connectivity index (χ3v) is 4.06. The molecule has 0 bridgehead atoms. The van der Waals surface area contributed by atoms with E-state index in [2.05, 4.69) is 6.07 Å². The van der Waals surface area contributed by atoms with E-state index >= 15 is 0 Å². The number of hydrogen-bond acceptors (Lipinski definition) is 7. The number of nitriles is 2. The van der Waals surface area contributed by atoms with Gasteiger partial charge in [0.05, 0.1) is 23.3 Å². The van der Waals surface area contributed by atoms with Crippen molar-refractivity contribution in [2.24, 2.45) is 0 Å². The second-order valence-corrected chi connectivity index (χ2v) is 6.96. The van der Waals surface area contributed by atoms with Crippen molar-refractivity contribution in [1.29, 1.82) is 10.5 Å². The lowest BCUT2D eigenvalue weighted by atomic mass is 9.96. The second kappa shape index (κ2) is 12.9. The normalized spacial score (nSPS) is 10.7. The number of allylic oxidation sites excluding steroid dienone is 1. The second-order valence-electron chi connectivity index (χ2n) is 6.96.